The molecule has 0 radical (unpaired) electrons. The van der Waals surface area contributed by atoms with Crippen LogP contribution in [-0.2, 0) is 9.53 Å². The molecule has 0 aliphatic rings. The van der Waals surface area contributed by atoms with Gasteiger partial charge in [0, 0.05) is 13.7 Å². The standard InChI is InChI=1S/C10H19ClN2O3/c1-5-13(7(2)6-16-4)10(15)12-9(14)8(3)11/h7-8H,5-6H2,1-4H3,(H,12,14,15). The van der Waals surface area contributed by atoms with Crippen molar-refractivity contribution in [2.24, 2.45) is 0 Å². The van der Waals surface area contributed by atoms with Gasteiger partial charge in [0.05, 0.1) is 12.6 Å². The molecule has 0 saturated heterocycles. The van der Waals surface area contributed by atoms with Crippen LogP contribution in [0.1, 0.15) is 20.8 Å². The minimum Gasteiger partial charge on any atom is -0.383 e. The third-order valence-electron chi connectivity index (χ3n) is 2.13. The van der Waals surface area contributed by atoms with E-state index in [0.29, 0.717) is 13.2 Å². The first kappa shape index (κ1) is 15.2. The molecule has 0 saturated carbocycles. The minimum absolute atomic E-state index is 0.0894. The van der Waals surface area contributed by atoms with Gasteiger partial charge in [-0.3, -0.25) is 10.1 Å². The third-order valence-corrected chi connectivity index (χ3v) is 2.33. The molecule has 0 rings (SSSR count). The molecule has 0 bridgehead atoms. The number of amides is 3. The largest absolute Gasteiger partial charge is 0.383 e. The highest BCUT2D eigenvalue weighted by atomic mass is 35.5. The van der Waals surface area contributed by atoms with Crippen LogP contribution >= 0.6 is 11.6 Å². The van der Waals surface area contributed by atoms with Gasteiger partial charge in [-0.1, -0.05) is 0 Å². The summed E-state index contributed by atoms with van der Waals surface area (Å²) in [4.78, 5) is 24.4. The summed E-state index contributed by atoms with van der Waals surface area (Å²) < 4.78 is 4.96. The average molecular weight is 251 g/mol. The van der Waals surface area contributed by atoms with Gasteiger partial charge in [-0.05, 0) is 20.8 Å². The lowest BCUT2D eigenvalue weighted by Gasteiger charge is -2.27. The fourth-order valence-electron chi connectivity index (χ4n) is 1.26. The van der Waals surface area contributed by atoms with Gasteiger partial charge in [0.15, 0.2) is 0 Å². The van der Waals surface area contributed by atoms with Gasteiger partial charge in [-0.25, -0.2) is 4.79 Å². The molecule has 0 aromatic rings. The van der Waals surface area contributed by atoms with Crippen LogP contribution in [0.5, 0.6) is 0 Å². The zero-order valence-corrected chi connectivity index (χ0v) is 10.9. The molecule has 0 spiro atoms. The molecular formula is C10H19ClN2O3. The Kier molecular flexibility index (Phi) is 7.08. The SMILES string of the molecule is CCN(C(=O)NC(=O)C(C)Cl)C(C)COC. The zero-order valence-electron chi connectivity index (χ0n) is 10.1. The number of rotatable bonds is 5. The van der Waals surface area contributed by atoms with Crippen LogP contribution in [0.4, 0.5) is 4.79 Å². The van der Waals surface area contributed by atoms with E-state index in [9.17, 15) is 9.59 Å². The molecule has 16 heavy (non-hydrogen) atoms. The summed E-state index contributed by atoms with van der Waals surface area (Å²) >= 11 is 5.55. The van der Waals surface area contributed by atoms with Crippen LogP contribution in [-0.4, -0.2) is 48.5 Å². The van der Waals surface area contributed by atoms with Crippen molar-refractivity contribution in [1.29, 1.82) is 0 Å². The van der Waals surface area contributed by atoms with E-state index in [-0.39, 0.29) is 6.04 Å². The number of likely N-dealkylation sites (N-methyl/N-ethyl adjacent to an activating group) is 1. The number of methoxy groups -OCH3 is 1. The maximum absolute atomic E-state index is 11.7. The van der Waals surface area contributed by atoms with Crippen LogP contribution in [0, 0.1) is 0 Å². The lowest BCUT2D eigenvalue weighted by Crippen LogP contribution is -2.49. The van der Waals surface area contributed by atoms with Crippen LogP contribution in [0.15, 0.2) is 0 Å². The van der Waals surface area contributed by atoms with Gasteiger partial charge in [-0.15, -0.1) is 11.6 Å². The number of urea groups is 1. The Morgan fingerprint density at radius 1 is 1.44 bits per heavy atom. The van der Waals surface area contributed by atoms with Crippen LogP contribution in [0.25, 0.3) is 0 Å². The molecule has 5 nitrogen and oxygen atoms in total. The van der Waals surface area contributed by atoms with E-state index in [1.54, 1.807) is 7.11 Å². The average Bonchev–Trinajstić information content (AvgIpc) is 2.18. The molecule has 0 aliphatic heterocycles. The highest BCUT2D eigenvalue weighted by molar-refractivity contribution is 6.31. The van der Waals surface area contributed by atoms with Crippen molar-refractivity contribution < 1.29 is 14.3 Å². The Bertz CT molecular complexity index is 246. The minimum atomic E-state index is -0.722. The normalized spacial score (nSPS) is 14.1. The second kappa shape index (κ2) is 7.46. The molecule has 94 valence electrons. The molecule has 2 unspecified atom stereocenters. The van der Waals surface area contributed by atoms with E-state index < -0.39 is 17.3 Å². The van der Waals surface area contributed by atoms with E-state index in [1.165, 1.54) is 11.8 Å². The van der Waals surface area contributed by atoms with Crippen molar-refractivity contribution in [1.82, 2.24) is 10.2 Å². The number of nitrogens with zero attached hydrogens (tertiary/aromatic N) is 1. The highest BCUT2D eigenvalue weighted by Crippen LogP contribution is 2.01. The Balaban J connectivity index is 4.36. The molecule has 0 aromatic carbocycles. The van der Waals surface area contributed by atoms with Gasteiger partial charge in [0.25, 0.3) is 0 Å². The molecule has 0 aromatic heterocycles. The van der Waals surface area contributed by atoms with Crippen LogP contribution in [0.3, 0.4) is 0 Å². The summed E-state index contributed by atoms with van der Waals surface area (Å²) in [6, 6.07) is -0.530. The predicted molar refractivity (Wildman–Crippen MR) is 62.6 cm³/mol. The summed E-state index contributed by atoms with van der Waals surface area (Å²) in [6.45, 7) is 6.12. The van der Waals surface area contributed by atoms with E-state index in [0.717, 1.165) is 0 Å². The van der Waals surface area contributed by atoms with E-state index in [2.05, 4.69) is 5.32 Å². The first-order chi connectivity index (χ1) is 7.43. The number of halogens is 1. The van der Waals surface area contributed by atoms with Gasteiger partial charge < -0.3 is 9.64 Å². The molecule has 0 heterocycles. The second-order valence-corrected chi connectivity index (χ2v) is 4.16. The lowest BCUT2D eigenvalue weighted by molar-refractivity contribution is -0.119. The van der Waals surface area contributed by atoms with Gasteiger partial charge in [-0.2, -0.15) is 0 Å². The van der Waals surface area contributed by atoms with Crippen molar-refractivity contribution >= 4 is 23.5 Å². The Morgan fingerprint density at radius 2 is 2.00 bits per heavy atom. The Hall–Kier alpha value is -0.810. The summed E-state index contributed by atoms with van der Waals surface area (Å²) in [5.41, 5.74) is 0. The summed E-state index contributed by atoms with van der Waals surface area (Å²) in [7, 11) is 1.56. The first-order valence-electron chi connectivity index (χ1n) is 5.18. The fraction of sp³-hybridized carbons (Fsp3) is 0.800. The van der Waals surface area contributed by atoms with Gasteiger partial charge >= 0.3 is 6.03 Å². The van der Waals surface area contributed by atoms with Crippen molar-refractivity contribution in [2.45, 2.75) is 32.2 Å². The Morgan fingerprint density at radius 3 is 2.38 bits per heavy atom. The summed E-state index contributed by atoms with van der Waals surface area (Å²) in [6.07, 6.45) is 0. The molecule has 3 amide bonds. The quantitative estimate of drug-likeness (QED) is 0.746. The van der Waals surface area contributed by atoms with Crippen molar-refractivity contribution in [3.05, 3.63) is 0 Å². The number of carbonyl (C=O) groups is 2. The molecule has 2 atom stereocenters. The first-order valence-corrected chi connectivity index (χ1v) is 5.62. The number of alkyl halides is 1. The molecule has 0 fully saturated rings. The number of carbonyl (C=O) groups excluding carboxylic acids is 2. The van der Waals surface area contributed by atoms with E-state index in [4.69, 9.17) is 16.3 Å². The maximum Gasteiger partial charge on any atom is 0.324 e. The van der Waals surface area contributed by atoms with Crippen LogP contribution in [0.2, 0.25) is 0 Å². The van der Waals surface area contributed by atoms with Crippen molar-refractivity contribution in [3.63, 3.8) is 0 Å². The number of ether oxygens (including phenoxy) is 1. The van der Waals surface area contributed by atoms with Crippen molar-refractivity contribution in [2.75, 3.05) is 20.3 Å². The highest BCUT2D eigenvalue weighted by Gasteiger charge is 2.21. The number of imide groups is 1. The summed E-state index contributed by atoms with van der Waals surface area (Å²) in [5.74, 6) is -0.491. The second-order valence-electron chi connectivity index (χ2n) is 3.50. The molecule has 6 heteroatoms. The lowest BCUT2D eigenvalue weighted by atomic mass is 10.3. The summed E-state index contributed by atoms with van der Waals surface area (Å²) in [5, 5.41) is 1.51. The number of hydrogen-bond acceptors (Lipinski definition) is 3. The molecule has 0 aliphatic carbocycles. The monoisotopic (exact) mass is 250 g/mol. The van der Waals surface area contributed by atoms with Crippen LogP contribution < -0.4 is 5.32 Å². The number of hydrogen-bond donors (Lipinski definition) is 1. The topological polar surface area (TPSA) is 58.6 Å². The molecular weight excluding hydrogens is 232 g/mol. The van der Waals surface area contributed by atoms with E-state index >= 15 is 0 Å². The zero-order chi connectivity index (χ0) is 12.7. The smallest absolute Gasteiger partial charge is 0.324 e. The maximum atomic E-state index is 11.7. The van der Waals surface area contributed by atoms with Crippen molar-refractivity contribution in [3.8, 4) is 0 Å². The van der Waals surface area contributed by atoms with Gasteiger partial charge in [0.2, 0.25) is 5.91 Å². The number of nitrogens with one attached hydrogen (secondary N) is 1. The fourth-order valence-corrected chi connectivity index (χ4v) is 1.32. The third kappa shape index (κ3) is 4.81. The predicted octanol–water partition coefficient (Wildman–Crippen LogP) is 1.21. The molecule has 1 N–H and O–H groups in total. The Labute approximate surface area is 101 Å². The van der Waals surface area contributed by atoms with E-state index in [1.807, 2.05) is 13.8 Å². The van der Waals surface area contributed by atoms with Gasteiger partial charge in [0.1, 0.15) is 5.38 Å².